The lowest BCUT2D eigenvalue weighted by molar-refractivity contribution is -0.217. The van der Waals surface area contributed by atoms with Gasteiger partial charge < -0.3 is 35.0 Å². The second kappa shape index (κ2) is 12.6. The molecule has 0 radical (unpaired) electrons. The van der Waals surface area contributed by atoms with E-state index in [2.05, 4.69) is 5.32 Å². The Balaban J connectivity index is 2.41. The van der Waals surface area contributed by atoms with Crippen LogP contribution in [0.1, 0.15) is 34.6 Å². The number of aromatic carboxylic acids is 1. The number of carbonyl (C=O) groups is 3. The first-order chi connectivity index (χ1) is 15.4. The van der Waals surface area contributed by atoms with Crippen LogP contribution in [0.2, 0.25) is 0 Å². The van der Waals surface area contributed by atoms with Crippen LogP contribution in [0.15, 0.2) is 0 Å². The molecule has 1 aromatic rings. The first-order valence-corrected chi connectivity index (χ1v) is 13.2. The van der Waals surface area contributed by atoms with E-state index in [1.807, 2.05) is 59.0 Å². The minimum atomic E-state index is -1.24. The van der Waals surface area contributed by atoms with Gasteiger partial charge in [0.2, 0.25) is 5.91 Å². The Kier molecular flexibility index (Phi) is 11.0. The van der Waals surface area contributed by atoms with Gasteiger partial charge in [-0.1, -0.05) is 13.8 Å². The number of rotatable bonds is 8. The summed E-state index contributed by atoms with van der Waals surface area (Å²) in [6.45, 7) is 3.54. The molecule has 1 fully saturated rings. The number of aliphatic hydroxyl groups excluding tert-OH is 2. The third kappa shape index (κ3) is 6.87. The number of anilines is 1. The Morgan fingerprint density at radius 1 is 1.09 bits per heavy atom. The molecule has 0 spiro atoms. The van der Waals surface area contributed by atoms with Gasteiger partial charge >= 0.3 is 5.97 Å². The molecule has 13 heteroatoms. The van der Waals surface area contributed by atoms with Crippen LogP contribution in [0.3, 0.4) is 0 Å². The van der Waals surface area contributed by atoms with Crippen molar-refractivity contribution in [3.63, 3.8) is 0 Å². The molecular formula is C20H25I3N2O8. The van der Waals surface area contributed by atoms with Crippen molar-refractivity contribution in [1.29, 1.82) is 0 Å². The van der Waals surface area contributed by atoms with Gasteiger partial charge in [-0.25, -0.2) is 4.79 Å². The van der Waals surface area contributed by atoms with Gasteiger partial charge in [0, 0.05) is 23.1 Å². The van der Waals surface area contributed by atoms with Crippen LogP contribution in [0.4, 0.5) is 5.69 Å². The summed E-state index contributed by atoms with van der Waals surface area (Å²) in [5.74, 6) is -2.66. The van der Waals surface area contributed by atoms with E-state index in [1.54, 1.807) is 22.6 Å². The van der Waals surface area contributed by atoms with Gasteiger partial charge in [-0.3, -0.25) is 9.59 Å². The number of nitrogens with one attached hydrogen (secondary N) is 1. The molecule has 1 saturated heterocycles. The summed E-state index contributed by atoms with van der Waals surface area (Å²) < 4.78 is 12.1. The number of ether oxygens (including phenoxy) is 2. The van der Waals surface area contributed by atoms with Gasteiger partial charge in [-0.2, -0.15) is 0 Å². The number of hydrogen-bond acceptors (Lipinski definition) is 7. The number of nitrogens with zero attached hydrogens (tertiary/aromatic N) is 1. The Bertz CT molecular complexity index is 919. The molecule has 0 bridgehead atoms. The smallest absolute Gasteiger partial charge is 0.337 e. The van der Waals surface area contributed by atoms with Crippen molar-refractivity contribution in [3.05, 3.63) is 21.8 Å². The fourth-order valence-corrected chi connectivity index (χ4v) is 7.44. The molecule has 0 aromatic heterocycles. The van der Waals surface area contributed by atoms with E-state index in [0.717, 1.165) is 0 Å². The topological polar surface area (TPSA) is 146 Å². The first kappa shape index (κ1) is 28.9. The van der Waals surface area contributed by atoms with Crippen LogP contribution in [0.5, 0.6) is 0 Å². The largest absolute Gasteiger partial charge is 0.478 e. The molecule has 0 aliphatic carbocycles. The van der Waals surface area contributed by atoms with Gasteiger partial charge in [-0.15, -0.1) is 0 Å². The zero-order valence-corrected chi connectivity index (χ0v) is 24.6. The van der Waals surface area contributed by atoms with E-state index < -0.39 is 36.4 Å². The number of amides is 2. The standard InChI is InChI=1S/C20H25I3N2O8/c1-8(2)20-32-6-9(7-33-20)17(28)24-16-14(22)11(13(21)12(15(16)23)19(30)31)18(29)25(3)4-10(27)5-26/h8-10,20,26-27H,4-7H2,1-3H3,(H,24,28)(H,30,31). The molecule has 1 unspecified atom stereocenters. The van der Waals surface area contributed by atoms with Crippen molar-refractivity contribution in [3.8, 4) is 0 Å². The van der Waals surface area contributed by atoms with E-state index in [9.17, 15) is 24.6 Å². The highest BCUT2D eigenvalue weighted by molar-refractivity contribution is 14.1. The maximum Gasteiger partial charge on any atom is 0.337 e. The van der Waals surface area contributed by atoms with Crippen LogP contribution in [0, 0.1) is 22.5 Å². The number of halogens is 3. The van der Waals surface area contributed by atoms with Crippen LogP contribution >= 0.6 is 67.8 Å². The maximum absolute atomic E-state index is 13.1. The number of carboxylic acid groups (broad SMARTS) is 1. The van der Waals surface area contributed by atoms with Crippen LogP contribution in [-0.4, -0.2) is 83.8 Å². The minimum Gasteiger partial charge on any atom is -0.478 e. The lowest BCUT2D eigenvalue weighted by Crippen LogP contribution is -2.41. The molecule has 2 amide bonds. The number of aliphatic hydroxyl groups is 2. The lowest BCUT2D eigenvalue weighted by Gasteiger charge is -2.31. The molecular weight excluding hydrogens is 777 g/mol. The number of benzene rings is 1. The molecule has 2 rings (SSSR count). The second-order valence-corrected chi connectivity index (χ2v) is 11.1. The Hall–Kier alpha value is -0.340. The zero-order valence-electron chi connectivity index (χ0n) is 18.1. The molecule has 0 saturated carbocycles. The van der Waals surface area contributed by atoms with E-state index in [1.165, 1.54) is 11.9 Å². The fourth-order valence-electron chi connectivity index (χ4n) is 3.08. The molecule has 1 aromatic carbocycles. The van der Waals surface area contributed by atoms with Crippen molar-refractivity contribution in [1.82, 2.24) is 4.90 Å². The van der Waals surface area contributed by atoms with Crippen LogP contribution < -0.4 is 5.32 Å². The van der Waals surface area contributed by atoms with Gasteiger partial charge in [0.05, 0.1) is 55.8 Å². The Morgan fingerprint density at radius 2 is 1.64 bits per heavy atom. The highest BCUT2D eigenvalue weighted by Crippen LogP contribution is 2.36. The monoisotopic (exact) mass is 802 g/mol. The lowest BCUT2D eigenvalue weighted by atomic mass is 10.1. The van der Waals surface area contributed by atoms with Gasteiger partial charge in [0.25, 0.3) is 5.91 Å². The van der Waals surface area contributed by atoms with E-state index in [4.69, 9.17) is 14.6 Å². The maximum atomic E-state index is 13.1. The zero-order chi connectivity index (χ0) is 25.0. The number of carbonyl (C=O) groups excluding carboxylic acids is 2. The summed E-state index contributed by atoms with van der Waals surface area (Å²) >= 11 is 5.54. The van der Waals surface area contributed by atoms with Gasteiger partial charge in [0.1, 0.15) is 0 Å². The molecule has 4 N–H and O–H groups in total. The Labute approximate surface area is 232 Å². The van der Waals surface area contributed by atoms with Gasteiger partial charge in [-0.05, 0) is 67.8 Å². The summed E-state index contributed by atoms with van der Waals surface area (Å²) in [5.41, 5.74) is 0.194. The SMILES string of the molecule is CC(C)C1OCC(C(=O)Nc2c(I)c(C(=O)O)c(I)c(C(=O)N(C)CC(O)CO)c2I)CO1. The normalized spacial score (nSPS) is 19.3. The molecule has 33 heavy (non-hydrogen) atoms. The molecule has 184 valence electrons. The molecule has 1 aliphatic heterocycles. The van der Waals surface area contributed by atoms with Crippen molar-refractivity contribution >= 4 is 91.2 Å². The third-order valence-corrected chi connectivity index (χ3v) is 8.11. The van der Waals surface area contributed by atoms with Crippen molar-refractivity contribution in [2.24, 2.45) is 11.8 Å². The van der Waals surface area contributed by atoms with Gasteiger partial charge in [0.15, 0.2) is 6.29 Å². The van der Waals surface area contributed by atoms with E-state index >= 15 is 0 Å². The van der Waals surface area contributed by atoms with Crippen molar-refractivity contribution in [2.45, 2.75) is 26.2 Å². The predicted octanol–water partition coefficient (Wildman–Crippen LogP) is 2.21. The summed E-state index contributed by atoms with van der Waals surface area (Å²) in [4.78, 5) is 39.3. The van der Waals surface area contributed by atoms with Crippen molar-refractivity contribution < 1.29 is 39.2 Å². The van der Waals surface area contributed by atoms with E-state index in [0.29, 0.717) is 3.57 Å². The highest BCUT2D eigenvalue weighted by Gasteiger charge is 2.33. The van der Waals surface area contributed by atoms with Crippen LogP contribution in [-0.2, 0) is 14.3 Å². The molecule has 10 nitrogen and oxygen atoms in total. The highest BCUT2D eigenvalue weighted by atomic mass is 127. The van der Waals surface area contributed by atoms with Crippen LogP contribution in [0.25, 0.3) is 0 Å². The Morgan fingerprint density at radius 3 is 2.12 bits per heavy atom. The first-order valence-electron chi connectivity index (χ1n) is 9.92. The second-order valence-electron chi connectivity index (χ2n) is 7.86. The summed E-state index contributed by atoms with van der Waals surface area (Å²) in [6.07, 6.45) is -1.53. The number of carboxylic acids is 1. The number of hydrogen-bond donors (Lipinski definition) is 4. The summed E-state index contributed by atoms with van der Waals surface area (Å²) in [5, 5.41) is 31.3. The molecule has 1 atom stereocenters. The third-order valence-electron chi connectivity index (χ3n) is 4.87. The fraction of sp³-hybridized carbons (Fsp3) is 0.550. The predicted molar refractivity (Wildman–Crippen MR) is 144 cm³/mol. The summed E-state index contributed by atoms with van der Waals surface area (Å²) in [6, 6.07) is 0. The van der Waals surface area contributed by atoms with Crippen molar-refractivity contribution in [2.75, 3.05) is 38.7 Å². The number of likely N-dealkylation sites (N-methyl/N-ethyl adjacent to an activating group) is 1. The molecule has 1 heterocycles. The quantitative estimate of drug-likeness (QED) is 0.293. The summed E-state index contributed by atoms with van der Waals surface area (Å²) in [7, 11) is 1.44. The minimum absolute atomic E-state index is 0.0907. The average Bonchev–Trinajstić information content (AvgIpc) is 2.75. The van der Waals surface area contributed by atoms with E-state index in [-0.39, 0.29) is 55.9 Å². The molecule has 1 aliphatic rings. The average molecular weight is 802 g/mol.